The van der Waals surface area contributed by atoms with E-state index in [4.69, 9.17) is 10.5 Å². The van der Waals surface area contributed by atoms with E-state index in [2.05, 4.69) is 29.4 Å². The molecule has 2 aromatic carbocycles. The second kappa shape index (κ2) is 7.91. The number of hydrogen-bond acceptors (Lipinski definition) is 4. The fraction of sp³-hybridized carbons (Fsp3) is 0.182. The van der Waals surface area contributed by atoms with Gasteiger partial charge < -0.3 is 15.8 Å². The van der Waals surface area contributed by atoms with E-state index in [1.165, 1.54) is 5.56 Å². The summed E-state index contributed by atoms with van der Waals surface area (Å²) >= 11 is 0. The molecule has 5 heteroatoms. The van der Waals surface area contributed by atoms with Gasteiger partial charge in [0, 0.05) is 12.7 Å². The number of rotatable bonds is 5. The first-order chi connectivity index (χ1) is 12.9. The third-order valence-electron chi connectivity index (χ3n) is 4.28. The van der Waals surface area contributed by atoms with E-state index in [0.717, 1.165) is 28.2 Å². The van der Waals surface area contributed by atoms with Crippen molar-refractivity contribution >= 4 is 11.7 Å². The normalized spacial score (nSPS) is 10.5. The second-order valence-electron chi connectivity index (χ2n) is 6.59. The number of nitrogens with one attached hydrogen (secondary N) is 1. The fourth-order valence-corrected chi connectivity index (χ4v) is 3.01. The molecule has 0 bridgehead atoms. The van der Waals surface area contributed by atoms with Crippen LogP contribution in [0.3, 0.4) is 0 Å². The summed E-state index contributed by atoms with van der Waals surface area (Å²) in [4.78, 5) is 16.1. The maximum atomic E-state index is 12.2. The van der Waals surface area contributed by atoms with Crippen molar-refractivity contribution in [3.63, 3.8) is 0 Å². The van der Waals surface area contributed by atoms with Crippen molar-refractivity contribution in [1.82, 2.24) is 10.3 Å². The zero-order valence-electron chi connectivity index (χ0n) is 15.7. The van der Waals surface area contributed by atoms with E-state index in [0.29, 0.717) is 12.1 Å². The molecule has 138 valence electrons. The highest BCUT2D eigenvalue weighted by molar-refractivity contribution is 5.98. The van der Waals surface area contributed by atoms with Crippen LogP contribution in [0.25, 0.3) is 0 Å². The third-order valence-corrected chi connectivity index (χ3v) is 4.28. The molecular formula is C22H23N3O2. The monoisotopic (exact) mass is 361 g/mol. The number of carbonyl (C=O) groups excluding carboxylic acids is 1. The minimum atomic E-state index is -0.244. The molecular weight excluding hydrogens is 338 g/mol. The Bertz CT molecular complexity index is 943. The summed E-state index contributed by atoms with van der Waals surface area (Å²) in [5, 5.41) is 2.85. The highest BCUT2D eigenvalue weighted by atomic mass is 16.5. The number of pyridine rings is 1. The Morgan fingerprint density at radius 2 is 1.74 bits per heavy atom. The maximum Gasteiger partial charge on any atom is 0.255 e. The van der Waals surface area contributed by atoms with Gasteiger partial charge in [0.15, 0.2) is 0 Å². The van der Waals surface area contributed by atoms with Crippen LogP contribution in [0, 0.1) is 20.8 Å². The first-order valence-corrected chi connectivity index (χ1v) is 8.77. The van der Waals surface area contributed by atoms with Gasteiger partial charge in [-0.3, -0.25) is 4.79 Å². The Morgan fingerprint density at radius 1 is 1.07 bits per heavy atom. The number of amides is 1. The topological polar surface area (TPSA) is 77.2 Å². The molecule has 1 aromatic heterocycles. The lowest BCUT2D eigenvalue weighted by Gasteiger charge is -2.13. The molecule has 27 heavy (non-hydrogen) atoms. The van der Waals surface area contributed by atoms with Gasteiger partial charge in [-0.25, -0.2) is 4.98 Å². The van der Waals surface area contributed by atoms with Crippen LogP contribution in [0.15, 0.2) is 54.7 Å². The maximum absolute atomic E-state index is 12.2. The van der Waals surface area contributed by atoms with Gasteiger partial charge in [0.1, 0.15) is 17.3 Å². The van der Waals surface area contributed by atoms with Gasteiger partial charge in [0.25, 0.3) is 5.91 Å². The summed E-state index contributed by atoms with van der Waals surface area (Å²) < 4.78 is 6.05. The quantitative estimate of drug-likeness (QED) is 0.710. The van der Waals surface area contributed by atoms with Gasteiger partial charge in [0.2, 0.25) is 0 Å². The molecule has 0 saturated heterocycles. The number of nitrogens with zero attached hydrogens (tertiary/aromatic N) is 1. The number of nitrogens with two attached hydrogens (primary N) is 1. The van der Waals surface area contributed by atoms with Gasteiger partial charge >= 0.3 is 0 Å². The van der Waals surface area contributed by atoms with E-state index in [9.17, 15) is 4.79 Å². The zero-order valence-corrected chi connectivity index (χ0v) is 15.7. The Balaban J connectivity index is 1.64. The average molecular weight is 361 g/mol. The standard InChI is InChI=1S/C22H23N3O2/c1-14-11-15(2)20(16(3)12-14)27-18-8-6-17(7-9-18)13-25-22(26)19-5-4-10-24-21(19)23/h4-12H,13H2,1-3H3,(H2,23,24)(H,25,26). The van der Waals surface area contributed by atoms with E-state index < -0.39 is 0 Å². The third kappa shape index (κ3) is 4.44. The number of nitrogen functional groups attached to an aromatic ring is 1. The number of carbonyl (C=O) groups is 1. The van der Waals surface area contributed by atoms with E-state index in [-0.39, 0.29) is 11.7 Å². The smallest absolute Gasteiger partial charge is 0.255 e. The van der Waals surface area contributed by atoms with Crippen LogP contribution in [0.4, 0.5) is 5.82 Å². The van der Waals surface area contributed by atoms with Crippen LogP contribution in [0.2, 0.25) is 0 Å². The number of benzene rings is 2. The molecule has 3 aromatic rings. The van der Waals surface area contributed by atoms with Crippen LogP contribution in [0.1, 0.15) is 32.6 Å². The molecule has 0 radical (unpaired) electrons. The number of aromatic nitrogens is 1. The predicted molar refractivity (Wildman–Crippen MR) is 107 cm³/mol. The number of anilines is 1. The first kappa shape index (κ1) is 18.5. The molecule has 3 N–H and O–H groups in total. The minimum absolute atomic E-state index is 0.225. The lowest BCUT2D eigenvalue weighted by Crippen LogP contribution is -2.24. The summed E-state index contributed by atoms with van der Waals surface area (Å²) in [6, 6.07) is 15.2. The minimum Gasteiger partial charge on any atom is -0.457 e. The molecule has 1 amide bonds. The number of hydrogen-bond donors (Lipinski definition) is 2. The molecule has 0 aliphatic heterocycles. The van der Waals surface area contributed by atoms with Gasteiger partial charge in [-0.2, -0.15) is 0 Å². The summed E-state index contributed by atoms with van der Waals surface area (Å²) in [6.07, 6.45) is 1.56. The predicted octanol–water partition coefficient (Wildman–Crippen LogP) is 4.31. The van der Waals surface area contributed by atoms with Crippen molar-refractivity contribution in [2.45, 2.75) is 27.3 Å². The molecule has 0 saturated carbocycles. The first-order valence-electron chi connectivity index (χ1n) is 8.77. The summed E-state index contributed by atoms with van der Waals surface area (Å²) in [5.74, 6) is 1.62. The SMILES string of the molecule is Cc1cc(C)c(Oc2ccc(CNC(=O)c3cccnc3N)cc2)c(C)c1. The Morgan fingerprint density at radius 3 is 2.37 bits per heavy atom. The van der Waals surface area contributed by atoms with Gasteiger partial charge in [-0.05, 0) is 61.7 Å². The molecule has 0 aliphatic carbocycles. The van der Waals surface area contributed by atoms with Crippen LogP contribution < -0.4 is 15.8 Å². The van der Waals surface area contributed by atoms with Crippen LogP contribution in [-0.2, 0) is 6.54 Å². The van der Waals surface area contributed by atoms with Crippen LogP contribution >= 0.6 is 0 Å². The van der Waals surface area contributed by atoms with Crippen molar-refractivity contribution in [2.75, 3.05) is 5.73 Å². The number of ether oxygens (including phenoxy) is 1. The van der Waals surface area contributed by atoms with Gasteiger partial charge in [0.05, 0.1) is 5.56 Å². The molecule has 3 rings (SSSR count). The molecule has 0 aliphatic rings. The number of aryl methyl sites for hydroxylation is 3. The van der Waals surface area contributed by atoms with Gasteiger partial charge in [-0.15, -0.1) is 0 Å². The molecule has 0 atom stereocenters. The van der Waals surface area contributed by atoms with Crippen molar-refractivity contribution in [1.29, 1.82) is 0 Å². The molecule has 0 fully saturated rings. The van der Waals surface area contributed by atoms with Crippen molar-refractivity contribution in [3.05, 3.63) is 82.5 Å². The zero-order chi connectivity index (χ0) is 19.4. The van der Waals surface area contributed by atoms with Crippen molar-refractivity contribution in [3.8, 4) is 11.5 Å². The highest BCUT2D eigenvalue weighted by Gasteiger charge is 2.10. The summed E-state index contributed by atoms with van der Waals surface area (Å²) in [5.41, 5.74) is 10.5. The van der Waals surface area contributed by atoms with E-state index in [1.54, 1.807) is 18.3 Å². The lowest BCUT2D eigenvalue weighted by atomic mass is 10.1. The second-order valence-corrected chi connectivity index (χ2v) is 6.59. The Labute approximate surface area is 159 Å². The van der Waals surface area contributed by atoms with Crippen LogP contribution in [-0.4, -0.2) is 10.9 Å². The lowest BCUT2D eigenvalue weighted by molar-refractivity contribution is 0.0951. The average Bonchev–Trinajstić information content (AvgIpc) is 2.64. The molecule has 5 nitrogen and oxygen atoms in total. The van der Waals surface area contributed by atoms with Crippen molar-refractivity contribution < 1.29 is 9.53 Å². The highest BCUT2D eigenvalue weighted by Crippen LogP contribution is 2.29. The molecule has 1 heterocycles. The van der Waals surface area contributed by atoms with Crippen LogP contribution in [0.5, 0.6) is 11.5 Å². The van der Waals surface area contributed by atoms with E-state index >= 15 is 0 Å². The summed E-state index contributed by atoms with van der Waals surface area (Å²) in [7, 11) is 0. The Hall–Kier alpha value is -3.34. The molecule has 0 unspecified atom stereocenters. The summed E-state index contributed by atoms with van der Waals surface area (Å²) in [6.45, 7) is 6.56. The van der Waals surface area contributed by atoms with Crippen molar-refractivity contribution in [2.24, 2.45) is 0 Å². The Kier molecular flexibility index (Phi) is 5.41. The van der Waals surface area contributed by atoms with Gasteiger partial charge in [-0.1, -0.05) is 29.8 Å². The van der Waals surface area contributed by atoms with E-state index in [1.807, 2.05) is 38.1 Å². The fourth-order valence-electron chi connectivity index (χ4n) is 3.01. The molecule has 0 spiro atoms. The largest absolute Gasteiger partial charge is 0.457 e.